The van der Waals surface area contributed by atoms with Crippen molar-refractivity contribution < 1.29 is 19.4 Å². The topological polar surface area (TPSA) is 105 Å². The third kappa shape index (κ3) is 3.90. The maximum absolute atomic E-state index is 10.5. The minimum atomic E-state index is -0.956. The van der Waals surface area contributed by atoms with Crippen LogP contribution in [0.2, 0.25) is 0 Å². The predicted octanol–water partition coefficient (Wildman–Crippen LogP) is 1.46. The summed E-state index contributed by atoms with van der Waals surface area (Å²) >= 11 is 0. The van der Waals surface area contributed by atoms with Crippen LogP contribution in [-0.2, 0) is 14.3 Å². The lowest BCUT2D eigenvalue weighted by Crippen LogP contribution is -2.34. The summed E-state index contributed by atoms with van der Waals surface area (Å²) in [7, 11) is 0. The molecular weight excluding hydrogens is 214 g/mol. The molecule has 1 N–H and O–H groups in total. The van der Waals surface area contributed by atoms with Gasteiger partial charge in [-0.25, -0.2) is 4.79 Å². The Morgan fingerprint density at radius 3 is 2.75 bits per heavy atom. The number of rotatable bonds is 4. The molecule has 7 heteroatoms. The number of azide groups is 1. The van der Waals surface area contributed by atoms with E-state index in [9.17, 15) is 4.79 Å². The molecule has 88 valence electrons. The standard InChI is InChI=1S/C9H13N3O4/c1-6(9(13)14)2-3-8-15-4-7(5-16-8)11-12-10/h2,7-8H,3-5H2,1H3,(H,13,14). The molecule has 0 aliphatic carbocycles. The van der Waals surface area contributed by atoms with E-state index in [2.05, 4.69) is 10.0 Å². The van der Waals surface area contributed by atoms with Gasteiger partial charge in [0.15, 0.2) is 6.29 Å². The van der Waals surface area contributed by atoms with Gasteiger partial charge in [-0.1, -0.05) is 11.2 Å². The highest BCUT2D eigenvalue weighted by Crippen LogP contribution is 2.13. The predicted molar refractivity (Wildman–Crippen MR) is 54.6 cm³/mol. The lowest BCUT2D eigenvalue weighted by molar-refractivity contribution is -0.182. The number of aliphatic carboxylic acids is 1. The number of hydrogen-bond donors (Lipinski definition) is 1. The Kier molecular flexibility index (Phi) is 4.78. The zero-order chi connectivity index (χ0) is 12.0. The van der Waals surface area contributed by atoms with E-state index in [1.54, 1.807) is 6.08 Å². The largest absolute Gasteiger partial charge is 0.478 e. The summed E-state index contributed by atoms with van der Waals surface area (Å²) < 4.78 is 10.5. The van der Waals surface area contributed by atoms with E-state index in [-0.39, 0.29) is 11.6 Å². The summed E-state index contributed by atoms with van der Waals surface area (Å²) in [5.41, 5.74) is 8.45. The molecule has 0 aromatic carbocycles. The van der Waals surface area contributed by atoms with Crippen molar-refractivity contribution in [1.29, 1.82) is 0 Å². The van der Waals surface area contributed by atoms with E-state index in [1.165, 1.54) is 6.92 Å². The molecule has 1 aliphatic heterocycles. The van der Waals surface area contributed by atoms with Crippen LogP contribution < -0.4 is 0 Å². The fourth-order valence-electron chi connectivity index (χ4n) is 1.17. The summed E-state index contributed by atoms with van der Waals surface area (Å²) in [5.74, 6) is -0.956. The lowest BCUT2D eigenvalue weighted by Gasteiger charge is -2.26. The second kappa shape index (κ2) is 6.12. The summed E-state index contributed by atoms with van der Waals surface area (Å²) in [6.07, 6.45) is 1.46. The Balaban J connectivity index is 2.35. The number of carbonyl (C=O) groups is 1. The van der Waals surface area contributed by atoms with Crippen molar-refractivity contribution in [3.05, 3.63) is 22.1 Å². The van der Waals surface area contributed by atoms with Gasteiger partial charge in [0, 0.05) is 16.9 Å². The normalized spacial score (nSPS) is 25.9. The molecule has 0 radical (unpaired) electrons. The van der Waals surface area contributed by atoms with Gasteiger partial charge in [-0.3, -0.25) is 0 Å². The Bertz CT molecular complexity index is 328. The molecule has 0 atom stereocenters. The molecule has 0 spiro atoms. The maximum atomic E-state index is 10.5. The van der Waals surface area contributed by atoms with E-state index < -0.39 is 12.3 Å². The van der Waals surface area contributed by atoms with Gasteiger partial charge in [-0.05, 0) is 12.5 Å². The van der Waals surface area contributed by atoms with Crippen molar-refractivity contribution in [2.75, 3.05) is 13.2 Å². The van der Waals surface area contributed by atoms with Crippen LogP contribution >= 0.6 is 0 Å². The first kappa shape index (κ1) is 12.5. The first-order valence-electron chi connectivity index (χ1n) is 4.81. The third-order valence-corrected chi connectivity index (χ3v) is 2.12. The second-order valence-corrected chi connectivity index (χ2v) is 3.38. The summed E-state index contributed by atoms with van der Waals surface area (Å²) in [6.45, 7) is 2.11. The number of hydrogen-bond acceptors (Lipinski definition) is 4. The van der Waals surface area contributed by atoms with Crippen molar-refractivity contribution in [2.24, 2.45) is 5.11 Å². The van der Waals surface area contributed by atoms with E-state index in [0.717, 1.165) is 0 Å². The Labute approximate surface area is 92.3 Å². The zero-order valence-corrected chi connectivity index (χ0v) is 8.87. The van der Waals surface area contributed by atoms with Crippen LogP contribution in [0.1, 0.15) is 13.3 Å². The van der Waals surface area contributed by atoms with Crippen molar-refractivity contribution in [3.63, 3.8) is 0 Å². The van der Waals surface area contributed by atoms with Crippen molar-refractivity contribution in [1.82, 2.24) is 0 Å². The molecule has 0 amide bonds. The zero-order valence-electron chi connectivity index (χ0n) is 8.87. The number of ether oxygens (including phenoxy) is 2. The van der Waals surface area contributed by atoms with Crippen molar-refractivity contribution >= 4 is 5.97 Å². The van der Waals surface area contributed by atoms with Crippen LogP contribution in [-0.4, -0.2) is 36.6 Å². The molecule has 1 rings (SSSR count). The molecule has 1 heterocycles. The summed E-state index contributed by atoms with van der Waals surface area (Å²) in [4.78, 5) is 13.2. The van der Waals surface area contributed by atoms with Crippen molar-refractivity contribution in [3.8, 4) is 0 Å². The number of carboxylic acids is 1. The third-order valence-electron chi connectivity index (χ3n) is 2.12. The smallest absolute Gasteiger partial charge is 0.330 e. The van der Waals surface area contributed by atoms with Gasteiger partial charge in [0.25, 0.3) is 0 Å². The molecule has 0 saturated carbocycles. The van der Waals surface area contributed by atoms with Crippen LogP contribution in [0.25, 0.3) is 10.4 Å². The highest BCUT2D eigenvalue weighted by Gasteiger charge is 2.20. The van der Waals surface area contributed by atoms with Gasteiger partial charge >= 0.3 is 5.97 Å². The van der Waals surface area contributed by atoms with Gasteiger partial charge in [0.05, 0.1) is 19.3 Å². The van der Waals surface area contributed by atoms with E-state index in [0.29, 0.717) is 19.6 Å². The molecule has 7 nitrogen and oxygen atoms in total. The minimum Gasteiger partial charge on any atom is -0.478 e. The SMILES string of the molecule is CC(=CCC1OCC(N=[N+]=[N-])CO1)C(=O)O. The monoisotopic (exact) mass is 227 g/mol. The van der Waals surface area contributed by atoms with Crippen LogP contribution in [0.15, 0.2) is 16.8 Å². The van der Waals surface area contributed by atoms with Crippen LogP contribution in [0, 0.1) is 0 Å². The molecule has 0 aromatic heterocycles. The second-order valence-electron chi connectivity index (χ2n) is 3.38. The van der Waals surface area contributed by atoms with Crippen molar-refractivity contribution in [2.45, 2.75) is 25.7 Å². The van der Waals surface area contributed by atoms with Gasteiger partial charge in [0.1, 0.15) is 0 Å². The van der Waals surface area contributed by atoms with Gasteiger partial charge in [-0.2, -0.15) is 0 Å². The minimum absolute atomic E-state index is 0.254. The molecule has 1 fully saturated rings. The van der Waals surface area contributed by atoms with Crippen LogP contribution in [0.4, 0.5) is 0 Å². The average molecular weight is 227 g/mol. The quantitative estimate of drug-likeness (QED) is 0.339. The van der Waals surface area contributed by atoms with Crippen LogP contribution in [0.3, 0.4) is 0 Å². The van der Waals surface area contributed by atoms with E-state index in [4.69, 9.17) is 20.1 Å². The first-order chi connectivity index (χ1) is 7.63. The molecule has 0 bridgehead atoms. The van der Waals surface area contributed by atoms with Gasteiger partial charge in [0.2, 0.25) is 0 Å². The molecule has 0 aromatic rings. The highest BCUT2D eigenvalue weighted by molar-refractivity contribution is 5.85. The average Bonchev–Trinajstić information content (AvgIpc) is 2.28. The van der Waals surface area contributed by atoms with Gasteiger partial charge < -0.3 is 14.6 Å². The Hall–Kier alpha value is -1.56. The maximum Gasteiger partial charge on any atom is 0.330 e. The molecule has 1 aliphatic rings. The Morgan fingerprint density at radius 2 is 2.25 bits per heavy atom. The molecule has 16 heavy (non-hydrogen) atoms. The summed E-state index contributed by atoms with van der Waals surface area (Å²) in [5, 5.41) is 12.1. The molecule has 1 saturated heterocycles. The fraction of sp³-hybridized carbons (Fsp3) is 0.667. The van der Waals surface area contributed by atoms with Crippen LogP contribution in [0.5, 0.6) is 0 Å². The lowest BCUT2D eigenvalue weighted by atomic mass is 10.2. The number of carboxylic acid groups (broad SMARTS) is 1. The molecular formula is C9H13N3O4. The van der Waals surface area contributed by atoms with E-state index >= 15 is 0 Å². The first-order valence-corrected chi connectivity index (χ1v) is 4.81. The fourth-order valence-corrected chi connectivity index (χ4v) is 1.17. The van der Waals surface area contributed by atoms with E-state index in [1.807, 2.05) is 0 Å². The van der Waals surface area contributed by atoms with Gasteiger partial charge in [-0.15, -0.1) is 0 Å². The number of nitrogens with zero attached hydrogens (tertiary/aromatic N) is 3. The highest BCUT2D eigenvalue weighted by atomic mass is 16.7. The molecule has 0 unspecified atom stereocenters. The Morgan fingerprint density at radius 1 is 1.62 bits per heavy atom. The summed E-state index contributed by atoms with van der Waals surface area (Å²) in [6, 6.07) is -0.300.